The second-order valence-corrected chi connectivity index (χ2v) is 6.20. The van der Waals surface area contributed by atoms with Crippen LogP contribution in [0.4, 0.5) is 0 Å². The Hall–Kier alpha value is -1.84. The smallest absolute Gasteiger partial charge is 0.222 e. The average molecular weight is 287 g/mol. The molecule has 2 aromatic rings. The van der Waals surface area contributed by atoms with Crippen LogP contribution in [0.3, 0.4) is 0 Å². The van der Waals surface area contributed by atoms with Gasteiger partial charge in [0.15, 0.2) is 0 Å². The van der Waals surface area contributed by atoms with Crippen LogP contribution in [0.15, 0.2) is 18.2 Å². The number of carbonyl (C=O) groups is 1. The van der Waals surface area contributed by atoms with Gasteiger partial charge in [-0.15, -0.1) is 0 Å². The first kappa shape index (κ1) is 15.5. The zero-order valence-corrected chi connectivity index (χ0v) is 13.6. The molecule has 4 heteroatoms. The molecule has 0 spiro atoms. The lowest BCUT2D eigenvalue weighted by molar-refractivity contribution is -0.123. The number of fused-ring (bicyclic) bond motifs is 1. The van der Waals surface area contributed by atoms with Crippen molar-refractivity contribution in [3.05, 3.63) is 29.6 Å². The summed E-state index contributed by atoms with van der Waals surface area (Å²) in [5.41, 5.74) is 3.41. The van der Waals surface area contributed by atoms with Crippen LogP contribution in [0.1, 0.15) is 45.0 Å². The van der Waals surface area contributed by atoms with Crippen LogP contribution in [-0.2, 0) is 18.3 Å². The molecular formula is C17H25N3O. The van der Waals surface area contributed by atoms with Gasteiger partial charge in [0.1, 0.15) is 5.82 Å². The third-order valence-corrected chi connectivity index (χ3v) is 3.73. The summed E-state index contributed by atoms with van der Waals surface area (Å²) in [5.74, 6) is 1.67. The summed E-state index contributed by atoms with van der Waals surface area (Å²) in [6.07, 6.45) is 0.835. The van der Waals surface area contributed by atoms with Crippen molar-refractivity contribution in [2.45, 2.75) is 40.0 Å². The molecule has 0 radical (unpaired) electrons. The zero-order valence-electron chi connectivity index (χ0n) is 13.6. The van der Waals surface area contributed by atoms with E-state index < -0.39 is 0 Å². The van der Waals surface area contributed by atoms with E-state index in [1.165, 1.54) is 5.56 Å². The highest BCUT2D eigenvalue weighted by Crippen LogP contribution is 2.21. The van der Waals surface area contributed by atoms with Gasteiger partial charge >= 0.3 is 0 Å². The predicted octanol–water partition coefficient (Wildman–Crippen LogP) is 3.01. The van der Waals surface area contributed by atoms with Gasteiger partial charge in [0.05, 0.1) is 11.0 Å². The van der Waals surface area contributed by atoms with E-state index in [4.69, 9.17) is 4.98 Å². The van der Waals surface area contributed by atoms with Gasteiger partial charge in [-0.3, -0.25) is 4.79 Å². The van der Waals surface area contributed by atoms with Gasteiger partial charge < -0.3 is 9.88 Å². The Balaban J connectivity index is 2.11. The SMILES string of the molecule is CC(C)C(=O)NCCc1ccc2c(c1)nc(C(C)C)n2C. The average Bonchev–Trinajstić information content (AvgIpc) is 2.75. The monoisotopic (exact) mass is 287 g/mol. The topological polar surface area (TPSA) is 46.9 Å². The summed E-state index contributed by atoms with van der Waals surface area (Å²) in [6.45, 7) is 8.80. The van der Waals surface area contributed by atoms with Crippen LogP contribution in [-0.4, -0.2) is 22.0 Å². The Morgan fingerprint density at radius 3 is 2.62 bits per heavy atom. The number of aryl methyl sites for hydroxylation is 1. The van der Waals surface area contributed by atoms with E-state index >= 15 is 0 Å². The lowest BCUT2D eigenvalue weighted by Gasteiger charge is -2.07. The van der Waals surface area contributed by atoms with Crippen LogP contribution in [0, 0.1) is 5.92 Å². The number of carbonyl (C=O) groups excluding carboxylic acids is 1. The number of hydrogen-bond acceptors (Lipinski definition) is 2. The van der Waals surface area contributed by atoms with E-state index in [0.29, 0.717) is 12.5 Å². The summed E-state index contributed by atoms with van der Waals surface area (Å²) >= 11 is 0. The number of hydrogen-bond donors (Lipinski definition) is 1. The summed E-state index contributed by atoms with van der Waals surface area (Å²) < 4.78 is 2.16. The van der Waals surface area contributed by atoms with E-state index in [9.17, 15) is 4.79 Å². The minimum atomic E-state index is 0.0388. The number of imidazole rings is 1. The first-order valence-electron chi connectivity index (χ1n) is 7.63. The van der Waals surface area contributed by atoms with Crippen molar-refractivity contribution in [2.24, 2.45) is 13.0 Å². The Bertz CT molecular complexity index is 641. The minimum Gasteiger partial charge on any atom is -0.356 e. The summed E-state index contributed by atoms with van der Waals surface area (Å²) in [4.78, 5) is 16.3. The molecule has 1 N–H and O–H groups in total. The minimum absolute atomic E-state index is 0.0388. The van der Waals surface area contributed by atoms with E-state index in [1.54, 1.807) is 0 Å². The molecule has 0 saturated heterocycles. The van der Waals surface area contributed by atoms with Crippen molar-refractivity contribution in [1.82, 2.24) is 14.9 Å². The number of benzene rings is 1. The quantitative estimate of drug-likeness (QED) is 0.919. The van der Waals surface area contributed by atoms with Gasteiger partial charge in [-0.1, -0.05) is 33.8 Å². The summed E-state index contributed by atoms with van der Waals surface area (Å²) in [5, 5.41) is 2.95. The number of aromatic nitrogens is 2. The molecule has 1 amide bonds. The molecule has 0 aliphatic carbocycles. The molecule has 0 aliphatic heterocycles. The number of rotatable bonds is 5. The van der Waals surface area contributed by atoms with Gasteiger partial charge in [-0.25, -0.2) is 4.98 Å². The van der Waals surface area contributed by atoms with Gasteiger partial charge in [0, 0.05) is 25.4 Å². The molecule has 114 valence electrons. The molecule has 2 rings (SSSR count). The summed E-state index contributed by atoms with van der Waals surface area (Å²) in [7, 11) is 2.06. The molecule has 21 heavy (non-hydrogen) atoms. The standard InChI is InChI=1S/C17H25N3O/c1-11(2)16-19-14-10-13(6-7-15(14)20(16)5)8-9-18-17(21)12(3)4/h6-7,10-12H,8-9H2,1-5H3,(H,18,21). The van der Waals surface area contributed by atoms with Crippen LogP contribution < -0.4 is 5.32 Å². The molecule has 1 aromatic heterocycles. The van der Waals surface area contributed by atoms with Gasteiger partial charge in [-0.05, 0) is 24.1 Å². The van der Waals surface area contributed by atoms with Crippen LogP contribution in [0.25, 0.3) is 11.0 Å². The van der Waals surface area contributed by atoms with Crippen LogP contribution >= 0.6 is 0 Å². The van der Waals surface area contributed by atoms with E-state index in [2.05, 4.69) is 49.0 Å². The number of nitrogens with one attached hydrogen (secondary N) is 1. The molecule has 0 atom stereocenters. The molecule has 0 bridgehead atoms. The Kier molecular flexibility index (Phi) is 4.66. The Morgan fingerprint density at radius 1 is 1.29 bits per heavy atom. The molecule has 0 saturated carbocycles. The highest BCUT2D eigenvalue weighted by molar-refractivity contribution is 5.78. The first-order chi connectivity index (χ1) is 9.90. The van der Waals surface area contributed by atoms with E-state index in [0.717, 1.165) is 23.3 Å². The van der Waals surface area contributed by atoms with Crippen molar-refractivity contribution in [1.29, 1.82) is 0 Å². The van der Waals surface area contributed by atoms with Crippen molar-refractivity contribution >= 4 is 16.9 Å². The first-order valence-corrected chi connectivity index (χ1v) is 7.63. The predicted molar refractivity (Wildman–Crippen MR) is 86.4 cm³/mol. The highest BCUT2D eigenvalue weighted by atomic mass is 16.1. The largest absolute Gasteiger partial charge is 0.356 e. The van der Waals surface area contributed by atoms with Crippen molar-refractivity contribution in [2.75, 3.05) is 6.54 Å². The highest BCUT2D eigenvalue weighted by Gasteiger charge is 2.11. The molecule has 0 fully saturated rings. The lowest BCUT2D eigenvalue weighted by atomic mass is 10.1. The zero-order chi connectivity index (χ0) is 15.6. The van der Waals surface area contributed by atoms with E-state index in [1.807, 2.05) is 13.8 Å². The maximum Gasteiger partial charge on any atom is 0.222 e. The summed E-state index contributed by atoms with van der Waals surface area (Å²) in [6, 6.07) is 6.37. The fourth-order valence-corrected chi connectivity index (χ4v) is 2.47. The third-order valence-electron chi connectivity index (χ3n) is 3.73. The molecule has 0 aliphatic rings. The van der Waals surface area contributed by atoms with Gasteiger partial charge in [0.2, 0.25) is 5.91 Å². The fraction of sp³-hybridized carbons (Fsp3) is 0.529. The van der Waals surface area contributed by atoms with Crippen molar-refractivity contribution in [3.8, 4) is 0 Å². The van der Waals surface area contributed by atoms with E-state index in [-0.39, 0.29) is 11.8 Å². The Morgan fingerprint density at radius 2 is 2.00 bits per heavy atom. The molecular weight excluding hydrogens is 262 g/mol. The van der Waals surface area contributed by atoms with Gasteiger partial charge in [0.25, 0.3) is 0 Å². The van der Waals surface area contributed by atoms with Crippen molar-refractivity contribution in [3.63, 3.8) is 0 Å². The fourth-order valence-electron chi connectivity index (χ4n) is 2.47. The molecule has 1 heterocycles. The second kappa shape index (κ2) is 6.29. The second-order valence-electron chi connectivity index (χ2n) is 6.20. The lowest BCUT2D eigenvalue weighted by Crippen LogP contribution is -2.29. The Labute approximate surface area is 126 Å². The maximum atomic E-state index is 11.5. The molecule has 4 nitrogen and oxygen atoms in total. The third kappa shape index (κ3) is 3.43. The normalized spacial score (nSPS) is 11.6. The molecule has 0 unspecified atom stereocenters. The van der Waals surface area contributed by atoms with Crippen molar-refractivity contribution < 1.29 is 4.79 Å². The number of nitrogens with zero attached hydrogens (tertiary/aromatic N) is 2. The molecule has 1 aromatic carbocycles. The number of amides is 1. The maximum absolute atomic E-state index is 11.5. The van der Waals surface area contributed by atoms with Crippen LogP contribution in [0.2, 0.25) is 0 Å². The van der Waals surface area contributed by atoms with Gasteiger partial charge in [-0.2, -0.15) is 0 Å². The van der Waals surface area contributed by atoms with Crippen LogP contribution in [0.5, 0.6) is 0 Å².